The maximum absolute atomic E-state index is 13.3. The van der Waals surface area contributed by atoms with Crippen LogP contribution in [0.2, 0.25) is 0 Å². The molecular formula is C9H6FN3S. The van der Waals surface area contributed by atoms with Crippen molar-refractivity contribution in [3.05, 3.63) is 41.3 Å². The molecule has 0 aliphatic carbocycles. The first-order valence-corrected chi connectivity index (χ1v) is 4.33. The Morgan fingerprint density at radius 1 is 1.29 bits per heavy atom. The van der Waals surface area contributed by atoms with Crippen molar-refractivity contribution >= 4 is 12.2 Å². The Hall–Kier alpha value is -1.62. The van der Waals surface area contributed by atoms with Crippen LogP contribution in [0.25, 0.3) is 11.3 Å². The molecule has 0 spiro atoms. The Bertz CT molecular complexity index is 509. The molecule has 0 unspecified atom stereocenters. The number of hydrogen-bond donors (Lipinski definition) is 1. The minimum Gasteiger partial charge on any atom is -0.330 e. The highest BCUT2D eigenvalue weighted by molar-refractivity contribution is 7.71. The Kier molecular flexibility index (Phi) is 2.32. The highest BCUT2D eigenvalue weighted by Gasteiger charge is 2.03. The SMILES string of the molecule is Fc1cnccc1-c1ccnc(=S)[nH]1. The lowest BCUT2D eigenvalue weighted by Gasteiger charge is -2.01. The van der Waals surface area contributed by atoms with Crippen LogP contribution in [0.5, 0.6) is 0 Å². The highest BCUT2D eigenvalue weighted by atomic mass is 32.1. The summed E-state index contributed by atoms with van der Waals surface area (Å²) in [4.78, 5) is 10.3. The molecule has 2 rings (SSSR count). The van der Waals surface area contributed by atoms with Crippen molar-refractivity contribution in [2.45, 2.75) is 0 Å². The predicted molar refractivity (Wildman–Crippen MR) is 52.6 cm³/mol. The summed E-state index contributed by atoms with van der Waals surface area (Å²) in [5, 5.41) is 0. The molecule has 0 fully saturated rings. The van der Waals surface area contributed by atoms with E-state index in [1.54, 1.807) is 12.1 Å². The Labute approximate surface area is 84.7 Å². The maximum Gasteiger partial charge on any atom is 0.197 e. The van der Waals surface area contributed by atoms with Crippen molar-refractivity contribution in [1.29, 1.82) is 0 Å². The van der Waals surface area contributed by atoms with Crippen LogP contribution in [-0.2, 0) is 0 Å². The molecule has 0 aliphatic rings. The molecule has 3 nitrogen and oxygen atoms in total. The number of halogens is 1. The van der Waals surface area contributed by atoms with Gasteiger partial charge in [-0.1, -0.05) is 0 Å². The van der Waals surface area contributed by atoms with E-state index >= 15 is 0 Å². The monoisotopic (exact) mass is 207 g/mol. The van der Waals surface area contributed by atoms with E-state index in [4.69, 9.17) is 12.2 Å². The molecule has 1 N–H and O–H groups in total. The summed E-state index contributed by atoms with van der Waals surface area (Å²) in [6.45, 7) is 0. The standard InChI is InChI=1S/C9H6FN3S/c10-7-5-11-3-1-6(7)8-2-4-12-9(14)13-8/h1-5H,(H,12,13,14). The van der Waals surface area contributed by atoms with E-state index in [9.17, 15) is 4.39 Å². The largest absolute Gasteiger partial charge is 0.330 e. The smallest absolute Gasteiger partial charge is 0.197 e. The fraction of sp³-hybridized carbons (Fsp3) is 0. The number of aromatic nitrogens is 3. The molecule has 14 heavy (non-hydrogen) atoms. The number of pyridine rings is 1. The number of aromatic amines is 1. The Morgan fingerprint density at radius 3 is 2.86 bits per heavy atom. The molecule has 0 bridgehead atoms. The lowest BCUT2D eigenvalue weighted by Crippen LogP contribution is -1.90. The Morgan fingerprint density at radius 2 is 2.14 bits per heavy atom. The maximum atomic E-state index is 13.3. The van der Waals surface area contributed by atoms with Gasteiger partial charge in [0.1, 0.15) is 0 Å². The lowest BCUT2D eigenvalue weighted by atomic mass is 10.2. The van der Waals surface area contributed by atoms with Crippen molar-refractivity contribution in [2.75, 3.05) is 0 Å². The van der Waals surface area contributed by atoms with Gasteiger partial charge in [-0.2, -0.15) is 0 Å². The van der Waals surface area contributed by atoms with E-state index in [1.165, 1.54) is 12.4 Å². The van der Waals surface area contributed by atoms with Gasteiger partial charge in [0.25, 0.3) is 0 Å². The van der Waals surface area contributed by atoms with Crippen molar-refractivity contribution < 1.29 is 4.39 Å². The molecule has 2 aromatic heterocycles. The quantitative estimate of drug-likeness (QED) is 0.730. The van der Waals surface area contributed by atoms with Crippen molar-refractivity contribution in [3.8, 4) is 11.3 Å². The summed E-state index contributed by atoms with van der Waals surface area (Å²) in [7, 11) is 0. The minimum atomic E-state index is -0.385. The number of nitrogens with zero attached hydrogens (tertiary/aromatic N) is 2. The minimum absolute atomic E-state index is 0.332. The van der Waals surface area contributed by atoms with Gasteiger partial charge in [0.15, 0.2) is 10.6 Å². The fourth-order valence-electron chi connectivity index (χ4n) is 1.12. The Balaban J connectivity index is 2.61. The van der Waals surface area contributed by atoms with Gasteiger partial charge < -0.3 is 4.98 Å². The number of rotatable bonds is 1. The molecule has 2 heterocycles. The molecule has 0 aliphatic heterocycles. The number of H-pyrrole nitrogens is 1. The van der Waals surface area contributed by atoms with Gasteiger partial charge in [-0.15, -0.1) is 0 Å². The van der Waals surface area contributed by atoms with Crippen LogP contribution in [0, 0.1) is 10.6 Å². The fourth-order valence-corrected chi connectivity index (χ4v) is 1.29. The average Bonchev–Trinajstić information content (AvgIpc) is 2.18. The molecule has 0 amide bonds. The zero-order valence-corrected chi connectivity index (χ0v) is 7.88. The first-order valence-electron chi connectivity index (χ1n) is 3.92. The molecule has 70 valence electrons. The molecule has 0 atom stereocenters. The van der Waals surface area contributed by atoms with Crippen LogP contribution in [0.15, 0.2) is 30.7 Å². The van der Waals surface area contributed by atoms with Crippen LogP contribution in [0.4, 0.5) is 4.39 Å². The van der Waals surface area contributed by atoms with Crippen LogP contribution in [0.1, 0.15) is 0 Å². The topological polar surface area (TPSA) is 41.6 Å². The summed E-state index contributed by atoms with van der Waals surface area (Å²) < 4.78 is 13.6. The second-order valence-electron chi connectivity index (χ2n) is 2.64. The van der Waals surface area contributed by atoms with E-state index in [0.29, 0.717) is 16.0 Å². The van der Waals surface area contributed by atoms with Gasteiger partial charge in [0, 0.05) is 18.0 Å². The lowest BCUT2D eigenvalue weighted by molar-refractivity contribution is 0.624. The normalized spacial score (nSPS) is 10.1. The van der Waals surface area contributed by atoms with Gasteiger partial charge >= 0.3 is 0 Å². The van der Waals surface area contributed by atoms with Gasteiger partial charge in [-0.05, 0) is 24.4 Å². The second-order valence-corrected chi connectivity index (χ2v) is 3.03. The summed E-state index contributed by atoms with van der Waals surface area (Å²) in [5.74, 6) is -0.385. The summed E-state index contributed by atoms with van der Waals surface area (Å²) in [6, 6.07) is 3.24. The molecule has 0 saturated carbocycles. The van der Waals surface area contributed by atoms with E-state index in [-0.39, 0.29) is 5.82 Å². The van der Waals surface area contributed by atoms with Gasteiger partial charge in [-0.25, -0.2) is 9.37 Å². The molecule has 0 saturated heterocycles. The molecule has 2 aromatic rings. The highest BCUT2D eigenvalue weighted by Crippen LogP contribution is 2.18. The predicted octanol–water partition coefficient (Wildman–Crippen LogP) is 2.34. The van der Waals surface area contributed by atoms with Crippen molar-refractivity contribution in [1.82, 2.24) is 15.0 Å². The zero-order valence-electron chi connectivity index (χ0n) is 7.07. The van der Waals surface area contributed by atoms with Crippen LogP contribution in [0.3, 0.4) is 0 Å². The summed E-state index contributed by atoms with van der Waals surface area (Å²) in [6.07, 6.45) is 4.22. The van der Waals surface area contributed by atoms with E-state index in [2.05, 4.69) is 15.0 Å². The van der Waals surface area contributed by atoms with Gasteiger partial charge in [0.2, 0.25) is 0 Å². The number of hydrogen-bond acceptors (Lipinski definition) is 3. The summed E-state index contributed by atoms with van der Waals surface area (Å²) in [5.41, 5.74) is 1.04. The molecule has 5 heteroatoms. The summed E-state index contributed by atoms with van der Waals surface area (Å²) >= 11 is 4.84. The third-order valence-corrected chi connectivity index (χ3v) is 1.94. The third kappa shape index (κ3) is 1.67. The first kappa shape index (κ1) is 8.96. The van der Waals surface area contributed by atoms with Crippen LogP contribution in [-0.4, -0.2) is 15.0 Å². The molecular weight excluding hydrogens is 201 g/mol. The van der Waals surface area contributed by atoms with E-state index < -0.39 is 0 Å². The zero-order chi connectivity index (χ0) is 9.97. The van der Waals surface area contributed by atoms with Crippen molar-refractivity contribution in [2.24, 2.45) is 0 Å². The van der Waals surface area contributed by atoms with Crippen LogP contribution < -0.4 is 0 Å². The van der Waals surface area contributed by atoms with Gasteiger partial charge in [-0.3, -0.25) is 4.98 Å². The van der Waals surface area contributed by atoms with E-state index in [1.807, 2.05) is 0 Å². The second kappa shape index (κ2) is 3.63. The average molecular weight is 207 g/mol. The first-order chi connectivity index (χ1) is 6.77. The molecule has 0 radical (unpaired) electrons. The number of nitrogens with one attached hydrogen (secondary N) is 1. The van der Waals surface area contributed by atoms with Crippen LogP contribution >= 0.6 is 12.2 Å². The van der Waals surface area contributed by atoms with Gasteiger partial charge in [0.05, 0.1) is 11.9 Å². The van der Waals surface area contributed by atoms with E-state index in [0.717, 1.165) is 6.20 Å². The third-order valence-electron chi connectivity index (χ3n) is 1.74. The molecule has 0 aromatic carbocycles. The van der Waals surface area contributed by atoms with Crippen molar-refractivity contribution in [3.63, 3.8) is 0 Å².